The molecule has 0 radical (unpaired) electrons. The minimum atomic E-state index is -0.151. The van der Waals surface area contributed by atoms with Crippen LogP contribution < -0.4 is 10.6 Å². The molecule has 2 N–H and O–H groups in total. The van der Waals surface area contributed by atoms with Crippen molar-refractivity contribution in [2.45, 2.75) is 18.9 Å². The zero-order chi connectivity index (χ0) is 18.9. The lowest BCUT2D eigenvalue weighted by Gasteiger charge is -2.09. The summed E-state index contributed by atoms with van der Waals surface area (Å²) in [5.74, 6) is 0.624. The van der Waals surface area contributed by atoms with Gasteiger partial charge in [0.05, 0.1) is 30.0 Å². The first-order valence-electron chi connectivity index (χ1n) is 8.91. The molecule has 9 nitrogen and oxygen atoms in total. The second kappa shape index (κ2) is 6.97. The third kappa shape index (κ3) is 3.29. The first kappa shape index (κ1) is 16.8. The first-order valence-corrected chi connectivity index (χ1v) is 9.64. The molecule has 2 aromatic heterocycles. The van der Waals surface area contributed by atoms with E-state index in [1.165, 1.54) is 0 Å². The van der Waals surface area contributed by atoms with Gasteiger partial charge in [-0.1, -0.05) is 6.07 Å². The Morgan fingerprint density at radius 1 is 1.14 bits per heavy atom. The van der Waals surface area contributed by atoms with Crippen molar-refractivity contribution < 1.29 is 4.79 Å². The molecule has 0 spiro atoms. The van der Waals surface area contributed by atoms with Crippen LogP contribution in [0.5, 0.6) is 0 Å². The van der Waals surface area contributed by atoms with Crippen LogP contribution in [0.2, 0.25) is 0 Å². The van der Waals surface area contributed by atoms with Crippen molar-refractivity contribution in [3.63, 3.8) is 0 Å². The summed E-state index contributed by atoms with van der Waals surface area (Å²) in [6, 6.07) is 13.7. The van der Waals surface area contributed by atoms with Gasteiger partial charge in [0.1, 0.15) is 11.0 Å². The summed E-state index contributed by atoms with van der Waals surface area (Å²) >= 11 is 1.13. The van der Waals surface area contributed by atoms with Crippen molar-refractivity contribution in [1.82, 2.24) is 29.0 Å². The van der Waals surface area contributed by atoms with Crippen LogP contribution in [-0.4, -0.2) is 41.4 Å². The molecule has 2 heterocycles. The zero-order valence-electron chi connectivity index (χ0n) is 14.7. The van der Waals surface area contributed by atoms with Crippen molar-refractivity contribution in [1.29, 1.82) is 0 Å². The normalized spacial score (nSPS) is 13.6. The van der Waals surface area contributed by atoms with E-state index in [1.807, 2.05) is 47.1 Å². The van der Waals surface area contributed by atoms with E-state index >= 15 is 0 Å². The van der Waals surface area contributed by atoms with E-state index in [2.05, 4.69) is 34.9 Å². The summed E-state index contributed by atoms with van der Waals surface area (Å²) in [7, 11) is 0. The number of anilines is 2. The lowest BCUT2D eigenvalue weighted by molar-refractivity contribution is -0.114. The van der Waals surface area contributed by atoms with E-state index in [-0.39, 0.29) is 12.5 Å². The van der Waals surface area contributed by atoms with Gasteiger partial charge in [-0.15, -0.1) is 5.10 Å². The predicted octanol–water partition coefficient (Wildman–Crippen LogP) is 2.73. The van der Waals surface area contributed by atoms with Crippen LogP contribution in [-0.2, 0) is 4.79 Å². The maximum Gasteiger partial charge on any atom is 0.243 e. The predicted molar refractivity (Wildman–Crippen MR) is 106 cm³/mol. The summed E-state index contributed by atoms with van der Waals surface area (Å²) in [6.45, 7) is 0.146. The molecule has 140 valence electrons. The first-order chi connectivity index (χ1) is 13.8. The van der Waals surface area contributed by atoms with Gasteiger partial charge in [0, 0.05) is 11.3 Å². The average molecular weight is 392 g/mol. The number of aromatic nitrogens is 6. The smallest absolute Gasteiger partial charge is 0.243 e. The summed E-state index contributed by atoms with van der Waals surface area (Å²) in [5.41, 5.74) is 3.95. The molecule has 1 fully saturated rings. The molecule has 0 atom stereocenters. The van der Waals surface area contributed by atoms with Gasteiger partial charge in [-0.25, -0.2) is 4.68 Å². The van der Waals surface area contributed by atoms with E-state index in [0.29, 0.717) is 17.2 Å². The fourth-order valence-electron chi connectivity index (χ4n) is 2.97. The Morgan fingerprint density at radius 3 is 2.82 bits per heavy atom. The van der Waals surface area contributed by atoms with Crippen LogP contribution in [0.25, 0.3) is 22.4 Å². The number of tetrazole rings is 1. The number of hydrogen-bond acceptors (Lipinski definition) is 8. The number of hydrogen-bond donors (Lipinski definition) is 2. The Morgan fingerprint density at radius 2 is 2.00 bits per heavy atom. The third-order valence-corrected chi connectivity index (χ3v) is 5.08. The standard InChI is InChI=1S/C18H16N8OS/c27-16(20-14-2-1-3-15-17(14)23-28-22-15)10-19-12-6-4-11(5-7-12)18-21-24-25-26(18)13-8-9-13/h1-7,13,19H,8-10H2,(H,20,27). The highest BCUT2D eigenvalue weighted by Gasteiger charge is 2.28. The number of nitrogens with zero attached hydrogens (tertiary/aromatic N) is 6. The fraction of sp³-hybridized carbons (Fsp3) is 0.222. The summed E-state index contributed by atoms with van der Waals surface area (Å²) in [5, 5.41) is 18.0. The molecule has 4 aromatic rings. The highest BCUT2D eigenvalue weighted by Crippen LogP contribution is 2.36. The van der Waals surface area contributed by atoms with Crippen molar-refractivity contribution >= 4 is 40.0 Å². The van der Waals surface area contributed by atoms with Crippen LogP contribution in [0.15, 0.2) is 42.5 Å². The van der Waals surface area contributed by atoms with Gasteiger partial charge in [-0.05, 0) is 59.7 Å². The molecule has 0 aliphatic heterocycles. The van der Waals surface area contributed by atoms with E-state index in [0.717, 1.165) is 47.2 Å². The Bertz CT molecular complexity index is 1130. The Hall–Kier alpha value is -3.40. The average Bonchev–Trinajstić information content (AvgIpc) is 3.24. The molecule has 0 unspecified atom stereocenters. The van der Waals surface area contributed by atoms with Gasteiger partial charge in [-0.2, -0.15) is 8.75 Å². The van der Waals surface area contributed by atoms with E-state index in [4.69, 9.17) is 0 Å². The Kier molecular flexibility index (Phi) is 4.17. The van der Waals surface area contributed by atoms with Gasteiger partial charge >= 0.3 is 0 Å². The van der Waals surface area contributed by atoms with Gasteiger partial charge in [0.15, 0.2) is 5.82 Å². The maximum absolute atomic E-state index is 12.3. The second-order valence-corrected chi connectivity index (χ2v) is 7.12. The number of carbonyl (C=O) groups is 1. The van der Waals surface area contributed by atoms with Crippen molar-refractivity contribution in [2.75, 3.05) is 17.2 Å². The van der Waals surface area contributed by atoms with Gasteiger partial charge in [0.2, 0.25) is 5.91 Å². The number of amides is 1. The van der Waals surface area contributed by atoms with Crippen LogP contribution in [0.1, 0.15) is 18.9 Å². The fourth-order valence-corrected chi connectivity index (χ4v) is 3.52. The molecular formula is C18H16N8OS. The van der Waals surface area contributed by atoms with E-state index in [1.54, 1.807) is 0 Å². The van der Waals surface area contributed by atoms with Crippen LogP contribution in [0.3, 0.4) is 0 Å². The zero-order valence-corrected chi connectivity index (χ0v) is 15.6. The molecule has 0 bridgehead atoms. The van der Waals surface area contributed by atoms with Gasteiger partial charge in [-0.3, -0.25) is 4.79 Å². The second-order valence-electron chi connectivity index (χ2n) is 6.59. The van der Waals surface area contributed by atoms with Crippen LogP contribution in [0.4, 0.5) is 11.4 Å². The molecule has 0 saturated heterocycles. The quantitative estimate of drug-likeness (QED) is 0.519. The number of carbonyl (C=O) groups excluding carboxylic acids is 1. The molecule has 1 aliphatic carbocycles. The number of nitrogens with one attached hydrogen (secondary N) is 2. The molecule has 1 aliphatic rings. The summed E-state index contributed by atoms with van der Waals surface area (Å²) < 4.78 is 10.3. The Balaban J connectivity index is 1.22. The molecule has 28 heavy (non-hydrogen) atoms. The van der Waals surface area contributed by atoms with E-state index < -0.39 is 0 Å². The van der Waals surface area contributed by atoms with Crippen molar-refractivity contribution in [2.24, 2.45) is 0 Å². The molecular weight excluding hydrogens is 376 g/mol. The topological polar surface area (TPSA) is 111 Å². The van der Waals surface area contributed by atoms with Crippen LogP contribution >= 0.6 is 11.7 Å². The molecule has 10 heteroatoms. The maximum atomic E-state index is 12.3. The van der Waals surface area contributed by atoms with Crippen LogP contribution in [0, 0.1) is 0 Å². The lowest BCUT2D eigenvalue weighted by atomic mass is 10.2. The van der Waals surface area contributed by atoms with E-state index in [9.17, 15) is 4.79 Å². The molecule has 1 amide bonds. The van der Waals surface area contributed by atoms with Crippen molar-refractivity contribution in [3.8, 4) is 11.4 Å². The highest BCUT2D eigenvalue weighted by atomic mass is 32.1. The van der Waals surface area contributed by atoms with Gasteiger partial charge in [0.25, 0.3) is 0 Å². The monoisotopic (exact) mass is 392 g/mol. The number of fused-ring (bicyclic) bond motifs is 1. The summed E-state index contributed by atoms with van der Waals surface area (Å²) in [4.78, 5) is 12.3. The molecule has 1 saturated carbocycles. The molecule has 2 aromatic carbocycles. The minimum Gasteiger partial charge on any atom is -0.376 e. The SMILES string of the molecule is O=C(CNc1ccc(-c2nnnn2C2CC2)cc1)Nc1cccc2nsnc12. The number of benzene rings is 2. The highest BCUT2D eigenvalue weighted by molar-refractivity contribution is 7.00. The minimum absolute atomic E-state index is 0.146. The third-order valence-electron chi connectivity index (χ3n) is 4.54. The number of rotatable bonds is 6. The van der Waals surface area contributed by atoms with Crippen molar-refractivity contribution in [3.05, 3.63) is 42.5 Å². The largest absolute Gasteiger partial charge is 0.376 e. The Labute approximate surface area is 164 Å². The molecule has 5 rings (SSSR count). The summed E-state index contributed by atoms with van der Waals surface area (Å²) in [6.07, 6.45) is 2.24. The van der Waals surface area contributed by atoms with Gasteiger partial charge < -0.3 is 10.6 Å². The lowest BCUT2D eigenvalue weighted by Crippen LogP contribution is -2.21.